The molecular weight excluding hydrogens is 473 g/mol. The quantitative estimate of drug-likeness (QED) is 0.272. The molecule has 5 nitrogen and oxygen atoms in total. The van der Waals surface area contributed by atoms with E-state index in [-0.39, 0.29) is 30.0 Å². The van der Waals surface area contributed by atoms with Crippen LogP contribution in [0.15, 0.2) is 78.0 Å². The van der Waals surface area contributed by atoms with E-state index in [2.05, 4.69) is 82.6 Å². The smallest absolute Gasteiger partial charge is 0.191 e. The molecule has 2 N–H and O–H groups in total. The first-order valence-corrected chi connectivity index (χ1v) is 9.90. The van der Waals surface area contributed by atoms with Crippen LogP contribution >= 0.6 is 24.0 Å². The van der Waals surface area contributed by atoms with Crippen molar-refractivity contribution in [3.63, 3.8) is 0 Å². The van der Waals surface area contributed by atoms with Gasteiger partial charge in [0.2, 0.25) is 0 Å². The van der Waals surface area contributed by atoms with Crippen molar-refractivity contribution in [1.29, 1.82) is 0 Å². The van der Waals surface area contributed by atoms with Crippen molar-refractivity contribution in [1.82, 2.24) is 20.2 Å². The fourth-order valence-electron chi connectivity index (χ4n) is 3.11. The number of benzene rings is 2. The largest absolute Gasteiger partial charge is 0.357 e. The van der Waals surface area contributed by atoms with Crippen LogP contribution in [-0.2, 0) is 13.0 Å². The number of nitrogens with zero attached hydrogens (tertiary/aromatic N) is 3. The minimum Gasteiger partial charge on any atom is -0.357 e. The van der Waals surface area contributed by atoms with E-state index >= 15 is 0 Å². The molecule has 1 aromatic heterocycles. The maximum Gasteiger partial charge on any atom is 0.191 e. The molecule has 0 saturated carbocycles. The molecule has 0 bridgehead atoms. The minimum atomic E-state index is 0. The lowest BCUT2D eigenvalue weighted by molar-refractivity contribution is 0.679. The van der Waals surface area contributed by atoms with Gasteiger partial charge in [0.25, 0.3) is 0 Å². The first-order chi connectivity index (χ1) is 13.8. The number of halogens is 1. The first-order valence-electron chi connectivity index (χ1n) is 9.90. The summed E-state index contributed by atoms with van der Waals surface area (Å²) < 4.78 is 2.19. The topological polar surface area (TPSA) is 54.2 Å². The van der Waals surface area contributed by atoms with Crippen LogP contribution in [0.2, 0.25) is 0 Å². The lowest BCUT2D eigenvalue weighted by atomic mass is 10.1. The Bertz CT molecular complexity index is 861. The van der Waals surface area contributed by atoms with E-state index in [0.29, 0.717) is 6.54 Å². The second kappa shape index (κ2) is 12.3. The zero-order chi connectivity index (χ0) is 19.6. The Kier molecular flexibility index (Phi) is 9.70. The predicted octanol–water partition coefficient (Wildman–Crippen LogP) is 4.41. The molecule has 0 aliphatic rings. The second-order valence-corrected chi connectivity index (χ2v) is 6.74. The summed E-state index contributed by atoms with van der Waals surface area (Å²) in [5, 5.41) is 6.81. The van der Waals surface area contributed by atoms with Gasteiger partial charge >= 0.3 is 0 Å². The van der Waals surface area contributed by atoms with E-state index in [0.717, 1.165) is 31.3 Å². The molecule has 0 aliphatic heterocycles. The fourth-order valence-corrected chi connectivity index (χ4v) is 3.11. The third-order valence-electron chi connectivity index (χ3n) is 4.60. The van der Waals surface area contributed by atoms with Gasteiger partial charge in [0.05, 0.1) is 6.04 Å². The summed E-state index contributed by atoms with van der Waals surface area (Å²) in [5.74, 6) is 1.89. The Labute approximate surface area is 190 Å². The number of aromatic nitrogens is 2. The van der Waals surface area contributed by atoms with Crippen molar-refractivity contribution in [2.24, 2.45) is 4.99 Å². The Balaban J connectivity index is 0.00000300. The lowest BCUT2D eigenvalue weighted by Gasteiger charge is -2.18. The average Bonchev–Trinajstić information content (AvgIpc) is 3.16. The number of hydrogen-bond donors (Lipinski definition) is 2. The van der Waals surface area contributed by atoms with E-state index < -0.39 is 0 Å². The summed E-state index contributed by atoms with van der Waals surface area (Å²) in [6.07, 6.45) is 4.70. The number of rotatable bonds is 8. The van der Waals surface area contributed by atoms with Gasteiger partial charge in [-0.1, -0.05) is 60.7 Å². The highest BCUT2D eigenvalue weighted by molar-refractivity contribution is 14.0. The monoisotopic (exact) mass is 503 g/mol. The van der Waals surface area contributed by atoms with Gasteiger partial charge in [-0.3, -0.25) is 4.99 Å². The van der Waals surface area contributed by atoms with Gasteiger partial charge in [0.1, 0.15) is 5.82 Å². The Morgan fingerprint density at radius 2 is 1.76 bits per heavy atom. The van der Waals surface area contributed by atoms with Gasteiger partial charge < -0.3 is 15.2 Å². The van der Waals surface area contributed by atoms with Gasteiger partial charge in [-0.05, 0) is 25.0 Å². The molecule has 0 fully saturated rings. The molecule has 0 aliphatic carbocycles. The molecule has 29 heavy (non-hydrogen) atoms. The van der Waals surface area contributed by atoms with Gasteiger partial charge in [-0.15, -0.1) is 24.0 Å². The van der Waals surface area contributed by atoms with Gasteiger partial charge in [-0.25, -0.2) is 4.98 Å². The Morgan fingerprint density at radius 1 is 1.07 bits per heavy atom. The van der Waals surface area contributed by atoms with Crippen LogP contribution in [0.25, 0.3) is 0 Å². The zero-order valence-electron chi connectivity index (χ0n) is 17.1. The highest BCUT2D eigenvalue weighted by atomic mass is 127. The van der Waals surface area contributed by atoms with Crippen molar-refractivity contribution < 1.29 is 0 Å². The SMILES string of the molecule is CCNC(=NCCc1nccn1Cc1ccccc1)NC(C)c1ccccc1.I. The molecule has 3 aromatic rings. The van der Waals surface area contributed by atoms with Crippen molar-refractivity contribution in [2.75, 3.05) is 13.1 Å². The van der Waals surface area contributed by atoms with E-state index in [1.54, 1.807) is 0 Å². The summed E-state index contributed by atoms with van der Waals surface area (Å²) in [6, 6.07) is 21.1. The van der Waals surface area contributed by atoms with Crippen LogP contribution in [0.4, 0.5) is 0 Å². The number of guanidine groups is 1. The molecule has 154 valence electrons. The molecule has 2 aromatic carbocycles. The second-order valence-electron chi connectivity index (χ2n) is 6.74. The van der Waals surface area contributed by atoms with Crippen molar-refractivity contribution in [3.05, 3.63) is 90.0 Å². The summed E-state index contributed by atoms with van der Waals surface area (Å²) in [7, 11) is 0. The summed E-state index contributed by atoms with van der Waals surface area (Å²) >= 11 is 0. The lowest BCUT2D eigenvalue weighted by Crippen LogP contribution is -2.38. The highest BCUT2D eigenvalue weighted by Gasteiger charge is 2.08. The Hall–Kier alpha value is -2.35. The van der Waals surface area contributed by atoms with Crippen LogP contribution in [0.5, 0.6) is 0 Å². The molecule has 1 atom stereocenters. The van der Waals surface area contributed by atoms with Crippen molar-refractivity contribution >= 4 is 29.9 Å². The van der Waals surface area contributed by atoms with Crippen LogP contribution in [0.3, 0.4) is 0 Å². The van der Waals surface area contributed by atoms with E-state index in [4.69, 9.17) is 4.99 Å². The van der Waals surface area contributed by atoms with Crippen LogP contribution < -0.4 is 10.6 Å². The molecule has 3 rings (SSSR count). The van der Waals surface area contributed by atoms with E-state index in [1.165, 1.54) is 11.1 Å². The normalized spacial score (nSPS) is 12.1. The molecule has 0 saturated heterocycles. The van der Waals surface area contributed by atoms with Crippen LogP contribution in [-0.4, -0.2) is 28.6 Å². The average molecular weight is 503 g/mol. The number of hydrogen-bond acceptors (Lipinski definition) is 2. The minimum absolute atomic E-state index is 0. The molecule has 0 amide bonds. The molecule has 0 spiro atoms. The summed E-state index contributed by atoms with van der Waals surface area (Å²) in [4.78, 5) is 9.26. The number of nitrogens with one attached hydrogen (secondary N) is 2. The molecule has 0 radical (unpaired) electrons. The highest BCUT2D eigenvalue weighted by Crippen LogP contribution is 2.11. The first kappa shape index (κ1) is 22.9. The fraction of sp³-hybridized carbons (Fsp3) is 0.304. The Morgan fingerprint density at radius 3 is 2.45 bits per heavy atom. The summed E-state index contributed by atoms with van der Waals surface area (Å²) in [6.45, 7) is 6.58. The number of aliphatic imine (C=N–C) groups is 1. The van der Waals surface area contributed by atoms with E-state index in [1.807, 2.05) is 24.5 Å². The molecule has 6 heteroatoms. The summed E-state index contributed by atoms with van der Waals surface area (Å²) in [5.41, 5.74) is 2.52. The molecular formula is C23H30IN5. The van der Waals surface area contributed by atoms with Crippen LogP contribution in [0.1, 0.15) is 36.8 Å². The molecule has 1 heterocycles. The van der Waals surface area contributed by atoms with Gasteiger partial charge in [0.15, 0.2) is 5.96 Å². The van der Waals surface area contributed by atoms with Gasteiger partial charge in [-0.2, -0.15) is 0 Å². The maximum atomic E-state index is 4.74. The predicted molar refractivity (Wildman–Crippen MR) is 131 cm³/mol. The number of imidazole rings is 1. The maximum absolute atomic E-state index is 4.74. The van der Waals surface area contributed by atoms with Crippen molar-refractivity contribution in [2.45, 2.75) is 32.9 Å². The van der Waals surface area contributed by atoms with Crippen molar-refractivity contribution in [3.8, 4) is 0 Å². The van der Waals surface area contributed by atoms with Crippen LogP contribution in [0, 0.1) is 0 Å². The third-order valence-corrected chi connectivity index (χ3v) is 4.60. The van der Waals surface area contributed by atoms with E-state index in [9.17, 15) is 0 Å². The molecule has 1 unspecified atom stereocenters. The third kappa shape index (κ3) is 7.20. The zero-order valence-corrected chi connectivity index (χ0v) is 19.4. The van der Waals surface area contributed by atoms with Gasteiger partial charge in [0, 0.05) is 38.4 Å². The standard InChI is InChI=1S/C23H29N5.HI/c1-3-24-23(27-19(2)21-12-8-5-9-13-21)26-15-14-22-25-16-17-28(22)18-20-10-6-4-7-11-20;/h4-13,16-17,19H,3,14-15,18H2,1-2H3,(H2,24,26,27);1H.